The zero-order valence-electron chi connectivity index (χ0n) is 8.14. The fraction of sp³-hybridized carbons (Fsp3) is 0.200. The van der Waals surface area contributed by atoms with Crippen molar-refractivity contribution >= 4 is 11.9 Å². The minimum atomic E-state index is -0.736. The van der Waals surface area contributed by atoms with Gasteiger partial charge in [-0.3, -0.25) is 4.79 Å². The van der Waals surface area contributed by atoms with Gasteiger partial charge in [0.05, 0.1) is 7.11 Å². The van der Waals surface area contributed by atoms with Gasteiger partial charge in [-0.05, 0) is 12.1 Å². The summed E-state index contributed by atoms with van der Waals surface area (Å²) in [5.41, 5.74) is 5.98. The number of ether oxygens (including phenoxy) is 2. The quantitative estimate of drug-likeness (QED) is 0.769. The van der Waals surface area contributed by atoms with Crippen LogP contribution in [0.2, 0.25) is 0 Å². The number of nitrogens with zero attached hydrogens (tertiary/aromatic N) is 1. The molecule has 1 atom stereocenters. The van der Waals surface area contributed by atoms with E-state index in [1.165, 1.54) is 0 Å². The molecule has 0 aromatic heterocycles. The summed E-state index contributed by atoms with van der Waals surface area (Å²) >= 11 is 0. The first kappa shape index (κ1) is 9.51. The largest absolute Gasteiger partial charge is 0.497 e. The molecule has 1 amide bonds. The van der Waals surface area contributed by atoms with Crippen molar-refractivity contribution in [2.24, 2.45) is 10.7 Å². The van der Waals surface area contributed by atoms with Crippen LogP contribution < -0.4 is 10.5 Å². The van der Waals surface area contributed by atoms with Crippen LogP contribution in [0.3, 0.4) is 0 Å². The number of carbonyl (C=O) groups is 1. The van der Waals surface area contributed by atoms with Crippen molar-refractivity contribution in [1.29, 1.82) is 0 Å². The van der Waals surface area contributed by atoms with Gasteiger partial charge >= 0.3 is 0 Å². The maximum atomic E-state index is 11.4. The molecule has 0 aliphatic carbocycles. The molecule has 2 rings (SSSR count). The highest BCUT2D eigenvalue weighted by atomic mass is 16.5. The molecule has 0 fully saturated rings. The Morgan fingerprint density at radius 2 is 2.33 bits per heavy atom. The molecule has 15 heavy (non-hydrogen) atoms. The van der Waals surface area contributed by atoms with E-state index in [1.807, 2.05) is 0 Å². The van der Waals surface area contributed by atoms with E-state index in [0.717, 1.165) is 0 Å². The van der Waals surface area contributed by atoms with Gasteiger partial charge in [0.25, 0.3) is 11.9 Å². The Labute approximate surface area is 86.5 Å². The molecule has 0 spiro atoms. The Balaban J connectivity index is 2.27. The van der Waals surface area contributed by atoms with Crippen LogP contribution in [0, 0.1) is 0 Å². The summed E-state index contributed by atoms with van der Waals surface area (Å²) in [6.07, 6.45) is -0.736. The highest BCUT2D eigenvalue weighted by Crippen LogP contribution is 2.25. The van der Waals surface area contributed by atoms with Crippen molar-refractivity contribution in [2.45, 2.75) is 6.10 Å². The van der Waals surface area contributed by atoms with Gasteiger partial charge in [-0.1, -0.05) is 12.1 Å². The maximum absolute atomic E-state index is 11.4. The molecule has 5 heteroatoms. The lowest BCUT2D eigenvalue weighted by Crippen LogP contribution is -2.13. The number of methoxy groups -OCH3 is 1. The van der Waals surface area contributed by atoms with Crippen LogP contribution >= 0.6 is 0 Å². The lowest BCUT2D eigenvalue weighted by molar-refractivity contribution is -0.122. The molecule has 5 nitrogen and oxygen atoms in total. The fourth-order valence-corrected chi connectivity index (χ4v) is 1.38. The average Bonchev–Trinajstić information content (AvgIpc) is 2.58. The zero-order valence-corrected chi connectivity index (χ0v) is 8.14. The van der Waals surface area contributed by atoms with E-state index in [0.29, 0.717) is 11.3 Å². The summed E-state index contributed by atoms with van der Waals surface area (Å²) in [5, 5.41) is 0. The van der Waals surface area contributed by atoms with Crippen LogP contribution in [-0.2, 0) is 9.53 Å². The standard InChI is InChI=1S/C10H10N2O3/c1-14-7-4-2-3-6(5-7)8-9(13)12-10(11)15-8/h2-5,8H,1H3,(H2,11,12,13). The highest BCUT2D eigenvalue weighted by molar-refractivity contribution is 5.98. The van der Waals surface area contributed by atoms with Gasteiger partial charge in [-0.15, -0.1) is 0 Å². The second-order valence-electron chi connectivity index (χ2n) is 3.06. The number of rotatable bonds is 2. The van der Waals surface area contributed by atoms with E-state index in [9.17, 15) is 4.79 Å². The van der Waals surface area contributed by atoms with Crippen LogP contribution in [-0.4, -0.2) is 19.0 Å². The number of benzene rings is 1. The molecule has 2 N–H and O–H groups in total. The van der Waals surface area contributed by atoms with Gasteiger partial charge in [-0.25, -0.2) is 0 Å². The summed E-state index contributed by atoms with van der Waals surface area (Å²) in [4.78, 5) is 14.8. The molecule has 1 unspecified atom stereocenters. The number of amidine groups is 1. The van der Waals surface area contributed by atoms with E-state index < -0.39 is 6.10 Å². The molecule has 78 valence electrons. The highest BCUT2D eigenvalue weighted by Gasteiger charge is 2.29. The predicted octanol–water partition coefficient (Wildman–Crippen LogP) is 0.608. The SMILES string of the molecule is COc1cccc(C2OC(N)=NC2=O)c1. The topological polar surface area (TPSA) is 73.9 Å². The number of carbonyl (C=O) groups excluding carboxylic acids is 1. The predicted molar refractivity (Wildman–Crippen MR) is 53.4 cm³/mol. The summed E-state index contributed by atoms with van der Waals surface area (Å²) in [5.74, 6) is 0.273. The first-order chi connectivity index (χ1) is 7.20. The Bertz CT molecular complexity index is 428. The zero-order chi connectivity index (χ0) is 10.8. The van der Waals surface area contributed by atoms with Gasteiger partial charge in [0.1, 0.15) is 5.75 Å². The van der Waals surface area contributed by atoms with E-state index in [4.69, 9.17) is 15.2 Å². The summed E-state index contributed by atoms with van der Waals surface area (Å²) < 4.78 is 10.1. The van der Waals surface area contributed by atoms with Crippen LogP contribution in [0.15, 0.2) is 29.3 Å². The molecule has 1 aliphatic heterocycles. The third kappa shape index (κ3) is 1.76. The van der Waals surface area contributed by atoms with Crippen molar-refractivity contribution in [2.75, 3.05) is 7.11 Å². The summed E-state index contributed by atoms with van der Waals surface area (Å²) in [6.45, 7) is 0. The normalized spacial score (nSPS) is 19.7. The van der Waals surface area contributed by atoms with E-state index in [-0.39, 0.29) is 11.9 Å². The molecule has 1 heterocycles. The first-order valence-corrected chi connectivity index (χ1v) is 4.39. The van der Waals surface area contributed by atoms with Crippen molar-refractivity contribution in [1.82, 2.24) is 0 Å². The maximum Gasteiger partial charge on any atom is 0.296 e. The molecule has 0 bridgehead atoms. The molecule has 1 aromatic rings. The van der Waals surface area contributed by atoms with E-state index in [1.54, 1.807) is 31.4 Å². The van der Waals surface area contributed by atoms with E-state index in [2.05, 4.69) is 4.99 Å². The van der Waals surface area contributed by atoms with Crippen LogP contribution in [0.5, 0.6) is 5.75 Å². The van der Waals surface area contributed by atoms with E-state index >= 15 is 0 Å². The van der Waals surface area contributed by atoms with Crippen LogP contribution in [0.4, 0.5) is 0 Å². The number of amides is 1. The number of nitrogens with two attached hydrogens (primary N) is 1. The molecule has 0 saturated heterocycles. The van der Waals surface area contributed by atoms with Gasteiger partial charge in [-0.2, -0.15) is 4.99 Å². The van der Waals surface area contributed by atoms with Gasteiger partial charge < -0.3 is 15.2 Å². The van der Waals surface area contributed by atoms with Gasteiger partial charge in [0.15, 0.2) is 0 Å². The lowest BCUT2D eigenvalue weighted by Gasteiger charge is -2.09. The lowest BCUT2D eigenvalue weighted by atomic mass is 10.1. The van der Waals surface area contributed by atoms with Crippen molar-refractivity contribution in [3.63, 3.8) is 0 Å². The minimum absolute atomic E-state index is 0.0900. The Morgan fingerprint density at radius 3 is 2.93 bits per heavy atom. The van der Waals surface area contributed by atoms with Crippen molar-refractivity contribution < 1.29 is 14.3 Å². The number of aliphatic imine (C=N–C) groups is 1. The Kier molecular flexibility index (Phi) is 2.29. The minimum Gasteiger partial charge on any atom is -0.497 e. The van der Waals surface area contributed by atoms with Gasteiger partial charge in [0, 0.05) is 5.56 Å². The molecular formula is C10H10N2O3. The molecular weight excluding hydrogens is 196 g/mol. The first-order valence-electron chi connectivity index (χ1n) is 4.39. The fourth-order valence-electron chi connectivity index (χ4n) is 1.38. The van der Waals surface area contributed by atoms with Crippen LogP contribution in [0.1, 0.15) is 11.7 Å². The smallest absolute Gasteiger partial charge is 0.296 e. The van der Waals surface area contributed by atoms with Crippen molar-refractivity contribution in [3.05, 3.63) is 29.8 Å². The summed E-state index contributed by atoms with van der Waals surface area (Å²) in [7, 11) is 1.56. The third-order valence-corrected chi connectivity index (χ3v) is 2.08. The molecule has 0 saturated carbocycles. The van der Waals surface area contributed by atoms with Crippen molar-refractivity contribution in [3.8, 4) is 5.75 Å². The molecule has 1 aliphatic rings. The van der Waals surface area contributed by atoms with Crippen LogP contribution in [0.25, 0.3) is 0 Å². The average molecular weight is 206 g/mol. The summed E-state index contributed by atoms with van der Waals surface area (Å²) in [6, 6.07) is 6.95. The third-order valence-electron chi connectivity index (χ3n) is 2.08. The van der Waals surface area contributed by atoms with Gasteiger partial charge in [0.2, 0.25) is 6.10 Å². The number of hydrogen-bond donors (Lipinski definition) is 1. The second-order valence-corrected chi connectivity index (χ2v) is 3.06. The molecule has 0 radical (unpaired) electrons. The Hall–Kier alpha value is -2.04. The number of hydrogen-bond acceptors (Lipinski definition) is 4. The Morgan fingerprint density at radius 1 is 1.53 bits per heavy atom. The monoisotopic (exact) mass is 206 g/mol. The molecule has 1 aromatic carbocycles. The second kappa shape index (κ2) is 3.61.